The summed E-state index contributed by atoms with van der Waals surface area (Å²) in [6.07, 6.45) is 4.02. The first-order chi connectivity index (χ1) is 5.81. The van der Waals surface area contributed by atoms with Gasteiger partial charge in [-0.3, -0.25) is 0 Å². The molecule has 1 saturated carbocycles. The first kappa shape index (κ1) is 8.52. The summed E-state index contributed by atoms with van der Waals surface area (Å²) in [5, 5.41) is 1.08. The van der Waals surface area contributed by atoms with Crippen molar-refractivity contribution in [2.24, 2.45) is 0 Å². The van der Waals surface area contributed by atoms with Gasteiger partial charge >= 0.3 is 0 Å². The summed E-state index contributed by atoms with van der Waals surface area (Å²) in [6.45, 7) is 2.15. The predicted octanol–water partition coefficient (Wildman–Crippen LogP) is 3.46. The molecule has 1 aliphatic rings. The SMILES string of the molecule is Cc1sc(CCl)nc1C1CCC1. The van der Waals surface area contributed by atoms with Crippen LogP contribution in [0.3, 0.4) is 0 Å². The molecule has 1 aliphatic carbocycles. The van der Waals surface area contributed by atoms with Gasteiger partial charge < -0.3 is 0 Å². The Hall–Kier alpha value is -0.0800. The molecular formula is C9H12ClNS. The van der Waals surface area contributed by atoms with Crippen molar-refractivity contribution in [3.05, 3.63) is 15.6 Å². The van der Waals surface area contributed by atoms with E-state index in [9.17, 15) is 0 Å². The number of rotatable bonds is 2. The number of halogens is 1. The monoisotopic (exact) mass is 201 g/mol. The van der Waals surface area contributed by atoms with E-state index in [1.807, 2.05) is 0 Å². The van der Waals surface area contributed by atoms with Crippen molar-refractivity contribution >= 4 is 22.9 Å². The average Bonchev–Trinajstić information content (AvgIpc) is 2.29. The Morgan fingerprint density at radius 1 is 1.58 bits per heavy atom. The summed E-state index contributed by atoms with van der Waals surface area (Å²) in [7, 11) is 0. The minimum absolute atomic E-state index is 0.568. The Bertz CT molecular complexity index is 278. The minimum atomic E-state index is 0.568. The van der Waals surface area contributed by atoms with Gasteiger partial charge in [0.05, 0.1) is 11.6 Å². The highest BCUT2D eigenvalue weighted by Gasteiger charge is 2.24. The lowest BCUT2D eigenvalue weighted by molar-refractivity contribution is 0.411. The van der Waals surface area contributed by atoms with Gasteiger partial charge in [0.1, 0.15) is 5.01 Å². The van der Waals surface area contributed by atoms with E-state index in [0.29, 0.717) is 5.88 Å². The summed E-state index contributed by atoms with van der Waals surface area (Å²) >= 11 is 7.47. The fourth-order valence-corrected chi connectivity index (χ4v) is 2.67. The Morgan fingerprint density at radius 2 is 2.33 bits per heavy atom. The molecule has 0 saturated heterocycles. The Morgan fingerprint density at radius 3 is 2.75 bits per heavy atom. The van der Waals surface area contributed by atoms with E-state index >= 15 is 0 Å². The van der Waals surface area contributed by atoms with E-state index < -0.39 is 0 Å². The first-order valence-corrected chi connectivity index (χ1v) is 5.68. The quantitative estimate of drug-likeness (QED) is 0.668. The van der Waals surface area contributed by atoms with Crippen molar-refractivity contribution in [1.82, 2.24) is 4.98 Å². The second kappa shape index (κ2) is 3.35. The Balaban J connectivity index is 2.23. The summed E-state index contributed by atoms with van der Waals surface area (Å²) in [6, 6.07) is 0. The van der Waals surface area contributed by atoms with Gasteiger partial charge in [0.2, 0.25) is 0 Å². The maximum Gasteiger partial charge on any atom is 0.108 e. The number of hydrogen-bond acceptors (Lipinski definition) is 2. The van der Waals surface area contributed by atoms with Gasteiger partial charge in [-0.2, -0.15) is 0 Å². The summed E-state index contributed by atoms with van der Waals surface area (Å²) in [5.41, 5.74) is 1.32. The van der Waals surface area contributed by atoms with E-state index in [0.717, 1.165) is 10.9 Å². The third-order valence-corrected chi connectivity index (χ3v) is 3.88. The second-order valence-corrected chi connectivity index (χ2v) is 4.87. The molecule has 0 aromatic carbocycles. The lowest BCUT2D eigenvalue weighted by Crippen LogP contribution is -2.10. The number of hydrogen-bond donors (Lipinski definition) is 0. The molecule has 2 rings (SSSR count). The van der Waals surface area contributed by atoms with Crippen LogP contribution in [0.4, 0.5) is 0 Å². The highest BCUT2D eigenvalue weighted by atomic mass is 35.5. The fourth-order valence-electron chi connectivity index (χ4n) is 1.58. The van der Waals surface area contributed by atoms with Crippen molar-refractivity contribution in [3.63, 3.8) is 0 Å². The van der Waals surface area contributed by atoms with Gasteiger partial charge in [0, 0.05) is 10.8 Å². The molecule has 0 aliphatic heterocycles. The molecule has 0 radical (unpaired) electrons. The molecule has 1 nitrogen and oxygen atoms in total. The average molecular weight is 202 g/mol. The van der Waals surface area contributed by atoms with Crippen LogP contribution in [-0.4, -0.2) is 4.98 Å². The smallest absolute Gasteiger partial charge is 0.108 e. The van der Waals surface area contributed by atoms with Crippen LogP contribution in [0.5, 0.6) is 0 Å². The second-order valence-electron chi connectivity index (χ2n) is 3.31. The molecule has 0 amide bonds. The highest BCUT2D eigenvalue weighted by Crippen LogP contribution is 2.38. The maximum atomic E-state index is 5.73. The van der Waals surface area contributed by atoms with Crippen molar-refractivity contribution in [1.29, 1.82) is 0 Å². The number of thiazole rings is 1. The molecule has 0 atom stereocenters. The third kappa shape index (κ3) is 1.38. The zero-order valence-electron chi connectivity index (χ0n) is 7.14. The van der Waals surface area contributed by atoms with Crippen LogP contribution in [0.15, 0.2) is 0 Å². The van der Waals surface area contributed by atoms with Gasteiger partial charge in [-0.1, -0.05) is 6.42 Å². The Labute approximate surface area is 81.8 Å². The molecule has 1 heterocycles. The zero-order valence-corrected chi connectivity index (χ0v) is 8.71. The Kier molecular flexibility index (Phi) is 2.37. The normalized spacial score (nSPS) is 17.8. The molecule has 1 aromatic heterocycles. The van der Waals surface area contributed by atoms with E-state index in [4.69, 9.17) is 11.6 Å². The maximum absolute atomic E-state index is 5.73. The van der Waals surface area contributed by atoms with Crippen molar-refractivity contribution in [2.45, 2.75) is 38.0 Å². The van der Waals surface area contributed by atoms with Crippen LogP contribution < -0.4 is 0 Å². The van der Waals surface area contributed by atoms with Crippen LogP contribution in [0.25, 0.3) is 0 Å². The third-order valence-electron chi connectivity index (χ3n) is 2.48. The molecule has 1 aromatic rings. The van der Waals surface area contributed by atoms with E-state index in [-0.39, 0.29) is 0 Å². The first-order valence-electron chi connectivity index (χ1n) is 4.33. The molecule has 1 fully saturated rings. The summed E-state index contributed by atoms with van der Waals surface area (Å²) in [5.74, 6) is 1.32. The van der Waals surface area contributed by atoms with Crippen molar-refractivity contribution < 1.29 is 0 Å². The van der Waals surface area contributed by atoms with E-state index in [2.05, 4.69) is 11.9 Å². The molecule has 12 heavy (non-hydrogen) atoms. The van der Waals surface area contributed by atoms with Gasteiger partial charge in [0.15, 0.2) is 0 Å². The van der Waals surface area contributed by atoms with E-state index in [1.54, 1.807) is 11.3 Å². The number of alkyl halides is 1. The molecule has 0 bridgehead atoms. The number of aryl methyl sites for hydroxylation is 1. The minimum Gasteiger partial charge on any atom is -0.244 e. The van der Waals surface area contributed by atoms with E-state index in [1.165, 1.54) is 29.8 Å². The van der Waals surface area contributed by atoms with Crippen molar-refractivity contribution in [2.75, 3.05) is 0 Å². The number of aromatic nitrogens is 1. The molecule has 0 spiro atoms. The van der Waals surface area contributed by atoms with Gasteiger partial charge in [-0.25, -0.2) is 4.98 Å². The lowest BCUT2D eigenvalue weighted by atomic mass is 9.82. The molecular weight excluding hydrogens is 190 g/mol. The standard InChI is InChI=1S/C9H12ClNS/c1-6-9(7-3-2-4-7)11-8(5-10)12-6/h7H,2-5H2,1H3. The van der Waals surface area contributed by atoms with Crippen molar-refractivity contribution in [3.8, 4) is 0 Å². The van der Waals surface area contributed by atoms with Crippen LogP contribution >= 0.6 is 22.9 Å². The van der Waals surface area contributed by atoms with Gasteiger partial charge in [-0.05, 0) is 19.8 Å². The molecule has 66 valence electrons. The lowest BCUT2D eigenvalue weighted by Gasteiger charge is -2.24. The summed E-state index contributed by atoms with van der Waals surface area (Å²) < 4.78 is 0. The summed E-state index contributed by atoms with van der Waals surface area (Å²) in [4.78, 5) is 5.91. The fraction of sp³-hybridized carbons (Fsp3) is 0.667. The van der Waals surface area contributed by atoms with Crippen LogP contribution in [0, 0.1) is 6.92 Å². The zero-order chi connectivity index (χ0) is 8.55. The molecule has 0 N–H and O–H groups in total. The van der Waals surface area contributed by atoms with Gasteiger partial charge in [0.25, 0.3) is 0 Å². The van der Waals surface area contributed by atoms with Crippen LogP contribution in [0.2, 0.25) is 0 Å². The number of nitrogens with zero attached hydrogens (tertiary/aromatic N) is 1. The van der Waals surface area contributed by atoms with Gasteiger partial charge in [-0.15, -0.1) is 22.9 Å². The molecule has 0 unspecified atom stereocenters. The van der Waals surface area contributed by atoms with Crippen LogP contribution in [-0.2, 0) is 5.88 Å². The largest absolute Gasteiger partial charge is 0.244 e. The predicted molar refractivity (Wildman–Crippen MR) is 53.0 cm³/mol. The highest BCUT2D eigenvalue weighted by molar-refractivity contribution is 7.11. The van der Waals surface area contributed by atoms with Crippen LogP contribution in [0.1, 0.15) is 40.8 Å². The molecule has 3 heteroatoms. The topological polar surface area (TPSA) is 12.9 Å².